The molecule has 0 unspecified atom stereocenters. The molecule has 0 aliphatic rings. The van der Waals surface area contributed by atoms with Crippen molar-refractivity contribution in [2.45, 2.75) is 5.16 Å². The predicted molar refractivity (Wildman–Crippen MR) is 109 cm³/mol. The molecule has 0 aliphatic heterocycles. The fraction of sp³-hybridized carbons (Fsp3) is 0.167. The van der Waals surface area contributed by atoms with E-state index in [-0.39, 0.29) is 0 Å². The molecule has 0 spiro atoms. The van der Waals surface area contributed by atoms with Gasteiger partial charge >= 0.3 is 0 Å². The normalized spacial score (nSPS) is 11.3. The lowest BCUT2D eigenvalue weighted by molar-refractivity contribution is 0.395. The minimum absolute atomic E-state index is 0.384. The van der Waals surface area contributed by atoms with E-state index in [1.54, 1.807) is 32.7 Å². The van der Waals surface area contributed by atoms with Gasteiger partial charge in [0, 0.05) is 41.2 Å². The molecule has 138 valence electrons. The van der Waals surface area contributed by atoms with Crippen molar-refractivity contribution in [3.8, 4) is 22.6 Å². The Balaban J connectivity index is 2.12. The standard InChI is InChI=1S/C18H14Cl2N4O2S/c1-25-11-7-12(26-2)15(20)13(14(11)19)10-6-9-8-22-18(27-3)23-16(9)24-5-4-21-17(10)24/h4-8H,1-3H3. The van der Waals surface area contributed by atoms with Gasteiger partial charge in [-0.25, -0.2) is 15.0 Å². The first-order chi connectivity index (χ1) is 13.1. The summed E-state index contributed by atoms with van der Waals surface area (Å²) < 4.78 is 12.7. The second-order valence-corrected chi connectivity index (χ2v) is 7.13. The third kappa shape index (κ3) is 2.86. The van der Waals surface area contributed by atoms with Crippen molar-refractivity contribution < 1.29 is 9.47 Å². The molecule has 0 N–H and O–H groups in total. The summed E-state index contributed by atoms with van der Waals surface area (Å²) in [6.07, 6.45) is 7.26. The molecule has 4 rings (SSSR count). The Morgan fingerprint density at radius 2 is 1.70 bits per heavy atom. The van der Waals surface area contributed by atoms with Crippen LogP contribution in [-0.2, 0) is 0 Å². The zero-order valence-corrected chi connectivity index (χ0v) is 17.0. The molecule has 0 atom stereocenters. The monoisotopic (exact) mass is 420 g/mol. The van der Waals surface area contributed by atoms with E-state index in [1.165, 1.54) is 11.8 Å². The number of imidazole rings is 1. The summed E-state index contributed by atoms with van der Waals surface area (Å²) >= 11 is 14.7. The largest absolute Gasteiger partial charge is 0.495 e. The summed E-state index contributed by atoms with van der Waals surface area (Å²) in [5.41, 5.74) is 2.75. The van der Waals surface area contributed by atoms with Gasteiger partial charge in [-0.05, 0) is 12.3 Å². The van der Waals surface area contributed by atoms with Crippen LogP contribution in [0.2, 0.25) is 10.0 Å². The summed E-state index contributed by atoms with van der Waals surface area (Å²) in [6.45, 7) is 0. The maximum atomic E-state index is 6.61. The maximum absolute atomic E-state index is 6.61. The first kappa shape index (κ1) is 18.2. The van der Waals surface area contributed by atoms with E-state index in [4.69, 9.17) is 32.7 Å². The Hall–Kier alpha value is -2.22. The number of halogens is 2. The van der Waals surface area contributed by atoms with Crippen LogP contribution in [0.5, 0.6) is 11.5 Å². The van der Waals surface area contributed by atoms with Gasteiger partial charge in [0.25, 0.3) is 0 Å². The molecule has 0 bridgehead atoms. The number of nitrogens with zero attached hydrogens (tertiary/aromatic N) is 4. The fourth-order valence-electron chi connectivity index (χ4n) is 2.96. The van der Waals surface area contributed by atoms with Crippen molar-refractivity contribution in [2.75, 3.05) is 20.5 Å². The Morgan fingerprint density at radius 1 is 1.00 bits per heavy atom. The number of aromatic nitrogens is 4. The number of ether oxygens (including phenoxy) is 2. The van der Waals surface area contributed by atoms with Crippen molar-refractivity contribution in [2.24, 2.45) is 0 Å². The lowest BCUT2D eigenvalue weighted by atomic mass is 10.0. The van der Waals surface area contributed by atoms with E-state index >= 15 is 0 Å². The van der Waals surface area contributed by atoms with E-state index in [9.17, 15) is 0 Å². The molecule has 0 fully saturated rings. The van der Waals surface area contributed by atoms with Gasteiger partial charge < -0.3 is 9.47 Å². The number of methoxy groups -OCH3 is 2. The average Bonchev–Trinajstić information content (AvgIpc) is 3.18. The number of benzene rings is 1. The number of fused-ring (bicyclic) bond motifs is 3. The van der Waals surface area contributed by atoms with Gasteiger partial charge in [0.05, 0.1) is 24.3 Å². The number of hydrogen-bond acceptors (Lipinski definition) is 6. The van der Waals surface area contributed by atoms with Crippen LogP contribution in [0, 0.1) is 0 Å². The van der Waals surface area contributed by atoms with Crippen LogP contribution in [0.15, 0.2) is 35.9 Å². The topological polar surface area (TPSA) is 61.5 Å². The minimum atomic E-state index is 0.384. The third-order valence-corrected chi connectivity index (χ3v) is 5.52. The van der Waals surface area contributed by atoms with Crippen LogP contribution in [-0.4, -0.2) is 39.8 Å². The van der Waals surface area contributed by atoms with Gasteiger partial charge in [0.2, 0.25) is 0 Å². The van der Waals surface area contributed by atoms with Gasteiger partial charge in [0.15, 0.2) is 5.16 Å². The predicted octanol–water partition coefficient (Wildman–Crippen LogP) is 4.99. The fourth-order valence-corrected chi connectivity index (χ4v) is 4.00. The number of thioether (sulfide) groups is 1. The third-order valence-electron chi connectivity index (χ3n) is 4.21. The Labute approximate surface area is 169 Å². The molecule has 0 saturated heterocycles. The quantitative estimate of drug-likeness (QED) is 0.342. The smallest absolute Gasteiger partial charge is 0.189 e. The molecule has 0 radical (unpaired) electrons. The van der Waals surface area contributed by atoms with Gasteiger partial charge in [0.1, 0.15) is 22.8 Å². The van der Waals surface area contributed by atoms with E-state index in [2.05, 4.69) is 15.0 Å². The Bertz CT molecular complexity index is 1150. The lowest BCUT2D eigenvalue weighted by Gasteiger charge is -2.16. The highest BCUT2D eigenvalue weighted by molar-refractivity contribution is 7.98. The molecule has 4 aromatic rings. The molecule has 3 heterocycles. The number of rotatable bonds is 4. The van der Waals surface area contributed by atoms with Gasteiger partial charge in [-0.3, -0.25) is 4.40 Å². The van der Waals surface area contributed by atoms with Crippen LogP contribution < -0.4 is 9.47 Å². The van der Waals surface area contributed by atoms with Gasteiger partial charge in [-0.2, -0.15) is 0 Å². The van der Waals surface area contributed by atoms with E-state index in [0.29, 0.717) is 37.9 Å². The molecular weight excluding hydrogens is 407 g/mol. The van der Waals surface area contributed by atoms with Crippen molar-refractivity contribution in [3.05, 3.63) is 40.8 Å². The first-order valence-electron chi connectivity index (χ1n) is 7.86. The molecule has 3 aromatic heterocycles. The summed E-state index contributed by atoms with van der Waals surface area (Å²) in [6, 6.07) is 3.58. The highest BCUT2D eigenvalue weighted by Crippen LogP contribution is 2.47. The van der Waals surface area contributed by atoms with E-state index in [0.717, 1.165) is 16.6 Å². The number of pyridine rings is 1. The lowest BCUT2D eigenvalue weighted by Crippen LogP contribution is -1.98. The Morgan fingerprint density at radius 3 is 2.33 bits per heavy atom. The molecule has 0 saturated carbocycles. The molecule has 27 heavy (non-hydrogen) atoms. The molecule has 0 amide bonds. The van der Waals surface area contributed by atoms with E-state index in [1.807, 2.05) is 22.9 Å². The van der Waals surface area contributed by atoms with Crippen molar-refractivity contribution in [3.63, 3.8) is 0 Å². The minimum Gasteiger partial charge on any atom is -0.495 e. The van der Waals surface area contributed by atoms with Crippen LogP contribution >= 0.6 is 35.0 Å². The molecular formula is C18H14Cl2N4O2S. The van der Waals surface area contributed by atoms with Crippen LogP contribution in [0.25, 0.3) is 27.8 Å². The van der Waals surface area contributed by atoms with Gasteiger partial charge in [-0.15, -0.1) is 0 Å². The molecule has 6 nitrogen and oxygen atoms in total. The van der Waals surface area contributed by atoms with Crippen molar-refractivity contribution in [1.29, 1.82) is 0 Å². The van der Waals surface area contributed by atoms with E-state index < -0.39 is 0 Å². The summed E-state index contributed by atoms with van der Waals surface area (Å²) in [5, 5.41) is 2.29. The molecule has 1 aromatic carbocycles. The zero-order valence-electron chi connectivity index (χ0n) is 14.7. The van der Waals surface area contributed by atoms with Crippen molar-refractivity contribution >= 4 is 51.6 Å². The average molecular weight is 421 g/mol. The number of hydrogen-bond donors (Lipinski definition) is 0. The van der Waals surface area contributed by atoms with Crippen LogP contribution in [0.3, 0.4) is 0 Å². The van der Waals surface area contributed by atoms with Crippen LogP contribution in [0.1, 0.15) is 0 Å². The zero-order chi connectivity index (χ0) is 19.1. The summed E-state index contributed by atoms with van der Waals surface area (Å²) in [5.74, 6) is 0.929. The second kappa shape index (κ2) is 7.07. The SMILES string of the molecule is COc1cc(OC)c(Cl)c(-c2cc3cnc(SC)nc3n3ccnc23)c1Cl. The highest BCUT2D eigenvalue weighted by atomic mass is 35.5. The molecule has 9 heteroatoms. The second-order valence-electron chi connectivity index (χ2n) is 5.60. The van der Waals surface area contributed by atoms with Gasteiger partial charge in [-0.1, -0.05) is 35.0 Å². The molecule has 0 aliphatic carbocycles. The summed E-state index contributed by atoms with van der Waals surface area (Å²) in [7, 11) is 3.09. The first-order valence-corrected chi connectivity index (χ1v) is 9.84. The maximum Gasteiger partial charge on any atom is 0.189 e. The van der Waals surface area contributed by atoms with Crippen molar-refractivity contribution in [1.82, 2.24) is 19.4 Å². The Kier molecular flexibility index (Phi) is 4.75. The highest BCUT2D eigenvalue weighted by Gasteiger charge is 2.22. The summed E-state index contributed by atoms with van der Waals surface area (Å²) in [4.78, 5) is 13.5. The van der Waals surface area contributed by atoms with Crippen LogP contribution in [0.4, 0.5) is 0 Å².